The molecule has 0 saturated carbocycles. The Labute approximate surface area is 130 Å². The van der Waals surface area contributed by atoms with Gasteiger partial charge >= 0.3 is 0 Å². The zero-order valence-corrected chi connectivity index (χ0v) is 13.3. The summed E-state index contributed by atoms with van der Waals surface area (Å²) in [7, 11) is 0. The van der Waals surface area contributed by atoms with Gasteiger partial charge in [0.2, 0.25) is 5.91 Å². The van der Waals surface area contributed by atoms with Crippen molar-refractivity contribution in [2.75, 3.05) is 31.6 Å². The van der Waals surface area contributed by atoms with Crippen LogP contribution in [-0.2, 0) is 9.53 Å². The number of anilines is 1. The predicted octanol–water partition coefficient (Wildman–Crippen LogP) is 2.90. The number of carbonyl (C=O) groups excluding carboxylic acids is 1. The lowest BCUT2D eigenvalue weighted by Crippen LogP contribution is -2.47. The molecule has 0 bridgehead atoms. The van der Waals surface area contributed by atoms with E-state index in [9.17, 15) is 9.18 Å². The van der Waals surface area contributed by atoms with Crippen molar-refractivity contribution in [1.82, 2.24) is 4.90 Å². The van der Waals surface area contributed by atoms with E-state index in [1.54, 1.807) is 11.8 Å². The number of hydrogen-bond donors (Lipinski definition) is 1. The molecule has 1 aliphatic rings. The molecule has 0 aromatic heterocycles. The van der Waals surface area contributed by atoms with Crippen LogP contribution < -0.4 is 5.32 Å². The average molecular weight is 366 g/mol. The number of benzene rings is 1. The van der Waals surface area contributed by atoms with Crippen molar-refractivity contribution in [2.24, 2.45) is 0 Å². The fourth-order valence-corrected chi connectivity index (χ4v) is 2.94. The van der Waals surface area contributed by atoms with Crippen LogP contribution >= 0.6 is 27.5 Å². The van der Waals surface area contributed by atoms with Crippen LogP contribution in [0.1, 0.15) is 6.92 Å². The molecule has 1 N–H and O–H groups in total. The predicted molar refractivity (Wildman–Crippen MR) is 79.6 cm³/mol. The highest BCUT2D eigenvalue weighted by molar-refractivity contribution is 9.10. The molecule has 1 saturated heterocycles. The van der Waals surface area contributed by atoms with Gasteiger partial charge < -0.3 is 15.0 Å². The van der Waals surface area contributed by atoms with Crippen LogP contribution in [0.5, 0.6) is 0 Å². The molecule has 1 aromatic carbocycles. The minimum Gasteiger partial charge on any atom is -0.378 e. The number of nitrogens with one attached hydrogen (secondary N) is 1. The maximum atomic E-state index is 13.2. The van der Waals surface area contributed by atoms with E-state index in [0.29, 0.717) is 36.5 Å². The second-order valence-electron chi connectivity index (χ2n) is 4.55. The van der Waals surface area contributed by atoms with Crippen LogP contribution in [0, 0.1) is 5.82 Å². The van der Waals surface area contributed by atoms with Crippen LogP contribution in [0.3, 0.4) is 0 Å². The Kier molecular flexibility index (Phi) is 5.23. The topological polar surface area (TPSA) is 41.6 Å². The summed E-state index contributed by atoms with van der Waals surface area (Å²) in [5.74, 6) is -0.458. The van der Waals surface area contributed by atoms with E-state index in [1.807, 2.05) is 0 Å². The Hall–Kier alpha value is -0.850. The van der Waals surface area contributed by atoms with Gasteiger partial charge in [-0.3, -0.25) is 4.79 Å². The van der Waals surface area contributed by atoms with Gasteiger partial charge in [0.15, 0.2) is 0 Å². The van der Waals surface area contributed by atoms with Crippen LogP contribution in [-0.4, -0.2) is 43.2 Å². The molecule has 1 amide bonds. The van der Waals surface area contributed by atoms with E-state index < -0.39 is 11.9 Å². The standard InChI is InChI=1S/C13H15BrClFN2O2/c1-8(13(19)18-2-4-20-5-3-18)17-12-10(14)6-9(16)7-11(12)15/h6-8,17H,2-5H2,1H3. The summed E-state index contributed by atoms with van der Waals surface area (Å²) >= 11 is 9.23. The van der Waals surface area contributed by atoms with Crippen LogP contribution in [0.15, 0.2) is 16.6 Å². The van der Waals surface area contributed by atoms with E-state index in [0.717, 1.165) is 0 Å². The van der Waals surface area contributed by atoms with Gasteiger partial charge in [-0.05, 0) is 35.0 Å². The van der Waals surface area contributed by atoms with Gasteiger partial charge in [-0.2, -0.15) is 0 Å². The summed E-state index contributed by atoms with van der Waals surface area (Å²) in [4.78, 5) is 14.0. The van der Waals surface area contributed by atoms with Crippen molar-refractivity contribution in [2.45, 2.75) is 13.0 Å². The number of amides is 1. The highest BCUT2D eigenvalue weighted by Gasteiger charge is 2.23. The quantitative estimate of drug-likeness (QED) is 0.895. The number of morpholine rings is 1. The summed E-state index contributed by atoms with van der Waals surface area (Å²) < 4.78 is 18.9. The molecule has 0 spiro atoms. The van der Waals surface area contributed by atoms with Crippen molar-refractivity contribution >= 4 is 39.1 Å². The summed E-state index contributed by atoms with van der Waals surface area (Å²) in [6.07, 6.45) is 0. The van der Waals surface area contributed by atoms with Crippen molar-refractivity contribution in [3.05, 3.63) is 27.4 Å². The molecule has 0 radical (unpaired) electrons. The number of rotatable bonds is 3. The second-order valence-corrected chi connectivity index (χ2v) is 5.81. The lowest BCUT2D eigenvalue weighted by Gasteiger charge is -2.30. The van der Waals surface area contributed by atoms with Crippen molar-refractivity contribution in [1.29, 1.82) is 0 Å². The molecule has 1 aliphatic heterocycles. The SMILES string of the molecule is CC(Nc1c(Cl)cc(F)cc1Br)C(=O)N1CCOCC1. The molecule has 1 fully saturated rings. The zero-order chi connectivity index (χ0) is 14.7. The van der Waals surface area contributed by atoms with Gasteiger partial charge in [-0.15, -0.1) is 0 Å². The van der Waals surface area contributed by atoms with E-state index in [2.05, 4.69) is 21.2 Å². The summed E-state index contributed by atoms with van der Waals surface area (Å²) in [6.45, 7) is 4.04. The molecule has 1 unspecified atom stereocenters. The Morgan fingerprint density at radius 3 is 2.75 bits per heavy atom. The maximum Gasteiger partial charge on any atom is 0.244 e. The molecule has 2 rings (SSSR count). The monoisotopic (exact) mass is 364 g/mol. The maximum absolute atomic E-state index is 13.2. The Bertz CT molecular complexity index is 486. The Morgan fingerprint density at radius 2 is 2.15 bits per heavy atom. The van der Waals surface area contributed by atoms with E-state index >= 15 is 0 Å². The first-order valence-electron chi connectivity index (χ1n) is 6.26. The van der Waals surface area contributed by atoms with E-state index in [4.69, 9.17) is 16.3 Å². The first-order chi connectivity index (χ1) is 9.49. The minimum absolute atomic E-state index is 0.0272. The molecule has 0 aliphatic carbocycles. The third-order valence-electron chi connectivity index (χ3n) is 3.06. The van der Waals surface area contributed by atoms with E-state index in [-0.39, 0.29) is 10.9 Å². The van der Waals surface area contributed by atoms with Crippen LogP contribution in [0.4, 0.5) is 10.1 Å². The third kappa shape index (κ3) is 3.62. The number of ether oxygens (including phenoxy) is 1. The molecule has 1 heterocycles. The molecule has 20 heavy (non-hydrogen) atoms. The lowest BCUT2D eigenvalue weighted by atomic mass is 10.2. The van der Waals surface area contributed by atoms with Crippen molar-refractivity contribution in [3.8, 4) is 0 Å². The molecule has 7 heteroatoms. The third-order valence-corrected chi connectivity index (χ3v) is 3.98. The summed E-state index contributed by atoms with van der Waals surface area (Å²) in [5, 5.41) is 3.26. The fourth-order valence-electron chi connectivity index (χ4n) is 2.02. The fraction of sp³-hybridized carbons (Fsp3) is 0.462. The van der Waals surface area contributed by atoms with E-state index in [1.165, 1.54) is 12.1 Å². The molecule has 110 valence electrons. The zero-order valence-electron chi connectivity index (χ0n) is 11.0. The van der Waals surface area contributed by atoms with Crippen LogP contribution in [0.25, 0.3) is 0 Å². The van der Waals surface area contributed by atoms with Gasteiger partial charge in [0.25, 0.3) is 0 Å². The summed E-state index contributed by atoms with van der Waals surface area (Å²) in [5.41, 5.74) is 0.516. The Balaban J connectivity index is 2.07. The molecule has 1 atom stereocenters. The first-order valence-corrected chi connectivity index (χ1v) is 7.43. The van der Waals surface area contributed by atoms with Gasteiger partial charge in [-0.1, -0.05) is 11.6 Å². The Morgan fingerprint density at radius 1 is 1.50 bits per heavy atom. The highest BCUT2D eigenvalue weighted by Crippen LogP contribution is 2.32. The number of carbonyl (C=O) groups is 1. The lowest BCUT2D eigenvalue weighted by molar-refractivity contribution is -0.135. The second kappa shape index (κ2) is 6.74. The molecular weight excluding hydrogens is 351 g/mol. The largest absolute Gasteiger partial charge is 0.378 e. The van der Waals surface area contributed by atoms with Crippen molar-refractivity contribution < 1.29 is 13.9 Å². The summed E-state index contributed by atoms with van der Waals surface area (Å²) in [6, 6.07) is 2.06. The molecule has 4 nitrogen and oxygen atoms in total. The van der Waals surface area contributed by atoms with Gasteiger partial charge in [0.1, 0.15) is 11.9 Å². The molecular formula is C13H15BrClFN2O2. The normalized spacial score (nSPS) is 16.9. The first kappa shape index (κ1) is 15.5. The van der Waals surface area contributed by atoms with Gasteiger partial charge in [-0.25, -0.2) is 4.39 Å². The van der Waals surface area contributed by atoms with Gasteiger partial charge in [0, 0.05) is 17.6 Å². The smallest absolute Gasteiger partial charge is 0.244 e. The molecule has 1 aromatic rings. The average Bonchev–Trinajstić information content (AvgIpc) is 2.42. The number of halogens is 3. The number of hydrogen-bond acceptors (Lipinski definition) is 3. The van der Waals surface area contributed by atoms with Gasteiger partial charge in [0.05, 0.1) is 23.9 Å². The highest BCUT2D eigenvalue weighted by atomic mass is 79.9. The number of nitrogens with zero attached hydrogens (tertiary/aromatic N) is 1. The minimum atomic E-state index is -0.452. The van der Waals surface area contributed by atoms with Crippen molar-refractivity contribution in [3.63, 3.8) is 0 Å². The van der Waals surface area contributed by atoms with Crippen LogP contribution in [0.2, 0.25) is 5.02 Å².